The van der Waals surface area contributed by atoms with E-state index < -0.39 is 0 Å². The van der Waals surface area contributed by atoms with Gasteiger partial charge in [-0.1, -0.05) is 176 Å². The minimum Gasteiger partial charge on any atom is -0.251 e. The number of aromatic nitrogens is 4. The number of rotatable bonds is 7. The van der Waals surface area contributed by atoms with Crippen LogP contribution in [0.2, 0.25) is 0 Å². The van der Waals surface area contributed by atoms with Crippen molar-refractivity contribution in [2.45, 2.75) is 6.92 Å². The van der Waals surface area contributed by atoms with Crippen LogP contribution in [-0.4, -0.2) is 19.9 Å². The Bertz CT molecular complexity index is 3030. The van der Waals surface area contributed by atoms with Gasteiger partial charge in [-0.25, -0.2) is 15.0 Å². The summed E-state index contributed by atoms with van der Waals surface area (Å²) in [6.07, 6.45) is 0. The van der Waals surface area contributed by atoms with Gasteiger partial charge in [-0.15, -0.1) is 0 Å². The molecule has 0 saturated heterocycles. The number of benzene rings is 7. The van der Waals surface area contributed by atoms with Crippen LogP contribution in [0, 0.1) is 6.92 Å². The van der Waals surface area contributed by atoms with Crippen LogP contribution >= 0.6 is 0 Å². The molecule has 0 fully saturated rings. The molecule has 0 amide bonds. The first-order chi connectivity index (χ1) is 28.1. The number of hydrogen-bond acceptors (Lipinski definition) is 4. The molecule has 268 valence electrons. The molecule has 0 aliphatic carbocycles. The van der Waals surface area contributed by atoms with Crippen LogP contribution in [0.4, 0.5) is 0 Å². The number of aryl methyl sites for hydroxylation is 1. The second-order valence-electron chi connectivity index (χ2n) is 14.3. The average molecular weight is 729 g/mol. The maximum Gasteiger partial charge on any atom is 0.160 e. The molecule has 0 aliphatic rings. The lowest BCUT2D eigenvalue weighted by molar-refractivity contribution is 1.18. The predicted octanol–water partition coefficient (Wildman–Crippen LogP) is 13.6. The third kappa shape index (κ3) is 6.75. The molecule has 3 heterocycles. The Balaban J connectivity index is 1.03. The highest BCUT2D eigenvalue weighted by Crippen LogP contribution is 2.37. The van der Waals surface area contributed by atoms with Crippen molar-refractivity contribution in [1.82, 2.24) is 19.9 Å². The fraction of sp³-hybridized carbons (Fsp3) is 0.0189. The molecule has 0 N–H and O–H groups in total. The fourth-order valence-electron chi connectivity index (χ4n) is 7.59. The molecule has 4 nitrogen and oxygen atoms in total. The van der Waals surface area contributed by atoms with Crippen molar-refractivity contribution < 1.29 is 0 Å². The molecular weight excluding hydrogens is 693 g/mol. The highest BCUT2D eigenvalue weighted by molar-refractivity contribution is 6.09. The van der Waals surface area contributed by atoms with Gasteiger partial charge in [0.05, 0.1) is 28.1 Å². The summed E-state index contributed by atoms with van der Waals surface area (Å²) in [4.78, 5) is 20.3. The van der Waals surface area contributed by atoms with Crippen LogP contribution in [-0.2, 0) is 0 Å². The van der Waals surface area contributed by atoms with Gasteiger partial charge >= 0.3 is 0 Å². The Morgan fingerprint density at radius 1 is 0.298 bits per heavy atom. The van der Waals surface area contributed by atoms with E-state index >= 15 is 0 Å². The second-order valence-corrected chi connectivity index (χ2v) is 14.3. The molecule has 10 aromatic rings. The lowest BCUT2D eigenvalue weighted by atomic mass is 9.94. The molecule has 0 aliphatic heterocycles. The minimum absolute atomic E-state index is 0.699. The van der Waals surface area contributed by atoms with Gasteiger partial charge in [0.15, 0.2) is 5.82 Å². The van der Waals surface area contributed by atoms with E-state index in [0.717, 1.165) is 89.1 Å². The lowest BCUT2D eigenvalue weighted by Gasteiger charge is -2.14. The third-order valence-corrected chi connectivity index (χ3v) is 10.6. The Morgan fingerprint density at radius 2 is 0.772 bits per heavy atom. The highest BCUT2D eigenvalue weighted by Gasteiger charge is 2.15. The molecule has 0 saturated carbocycles. The summed E-state index contributed by atoms with van der Waals surface area (Å²) < 4.78 is 0. The molecule has 4 heteroatoms. The molecule has 10 rings (SSSR count). The summed E-state index contributed by atoms with van der Waals surface area (Å²) in [6, 6.07) is 70.0. The van der Waals surface area contributed by atoms with E-state index in [1.54, 1.807) is 0 Å². The molecule has 0 atom stereocenters. The van der Waals surface area contributed by atoms with Gasteiger partial charge in [0, 0.05) is 38.7 Å². The Hall–Kier alpha value is -7.56. The molecule has 0 unspecified atom stereocenters. The molecule has 3 aromatic heterocycles. The lowest BCUT2D eigenvalue weighted by Crippen LogP contribution is -1.96. The number of pyridine rings is 2. The topological polar surface area (TPSA) is 51.6 Å². The van der Waals surface area contributed by atoms with Crippen molar-refractivity contribution in [3.63, 3.8) is 0 Å². The fourth-order valence-corrected chi connectivity index (χ4v) is 7.59. The minimum atomic E-state index is 0.699. The number of hydrogen-bond donors (Lipinski definition) is 0. The monoisotopic (exact) mass is 728 g/mol. The van der Waals surface area contributed by atoms with Gasteiger partial charge in [-0.3, -0.25) is 4.98 Å². The normalized spacial score (nSPS) is 11.2. The smallest absolute Gasteiger partial charge is 0.160 e. The number of fused-ring (bicyclic) bond motifs is 3. The van der Waals surface area contributed by atoms with E-state index in [0.29, 0.717) is 5.82 Å². The van der Waals surface area contributed by atoms with Crippen molar-refractivity contribution in [2.75, 3.05) is 0 Å². The Kier molecular flexibility index (Phi) is 8.69. The van der Waals surface area contributed by atoms with E-state index in [1.165, 1.54) is 11.1 Å². The quantitative estimate of drug-likeness (QED) is 0.153. The van der Waals surface area contributed by atoms with Crippen molar-refractivity contribution in [2.24, 2.45) is 0 Å². The van der Waals surface area contributed by atoms with Gasteiger partial charge < -0.3 is 0 Å². The van der Waals surface area contributed by atoms with Crippen LogP contribution in [0.3, 0.4) is 0 Å². The molecule has 7 aromatic carbocycles. The summed E-state index contributed by atoms with van der Waals surface area (Å²) in [6.45, 7) is 2.03. The SMILES string of the molecule is Cc1ccc2ccc3c(-c4cccc(-c5ccc(-c6cc(-c7ccc(-c8ccccc8)cc7)nc(-c7ccccc7)n6)cc5)c4)cc(-c4ccccc4)nc3c2n1. The van der Waals surface area contributed by atoms with Gasteiger partial charge in [-0.05, 0) is 64.6 Å². The zero-order chi connectivity index (χ0) is 38.1. The van der Waals surface area contributed by atoms with Gasteiger partial charge in [0.1, 0.15) is 0 Å². The first-order valence-corrected chi connectivity index (χ1v) is 19.2. The van der Waals surface area contributed by atoms with Gasteiger partial charge in [0.25, 0.3) is 0 Å². The van der Waals surface area contributed by atoms with Crippen LogP contribution in [0.15, 0.2) is 200 Å². The summed E-state index contributed by atoms with van der Waals surface area (Å²) in [5.41, 5.74) is 16.5. The summed E-state index contributed by atoms with van der Waals surface area (Å²) >= 11 is 0. The maximum atomic E-state index is 5.21. The third-order valence-electron chi connectivity index (χ3n) is 10.6. The zero-order valence-electron chi connectivity index (χ0n) is 31.3. The molecule has 0 spiro atoms. The molecular formula is C53H36N4. The Labute approximate surface area is 331 Å². The largest absolute Gasteiger partial charge is 0.251 e. The highest BCUT2D eigenvalue weighted by atomic mass is 14.9. The van der Waals surface area contributed by atoms with Crippen molar-refractivity contribution >= 4 is 21.8 Å². The standard InChI is InChI=1S/C53H36N4/c1-35-20-21-42-30-31-46-47(33-48(39-14-7-3-8-15-39)55-52(46)51(42)54-35)45-19-11-18-44(32-45)38-24-28-41(29-25-38)50-34-49(56-53(57-50)43-16-9-4-10-17-43)40-26-22-37(23-27-40)36-12-5-2-6-13-36/h2-34H,1H3. The van der Waals surface area contributed by atoms with E-state index in [9.17, 15) is 0 Å². The Morgan fingerprint density at radius 3 is 1.42 bits per heavy atom. The first-order valence-electron chi connectivity index (χ1n) is 19.2. The van der Waals surface area contributed by atoms with Gasteiger partial charge in [0.2, 0.25) is 0 Å². The van der Waals surface area contributed by atoms with E-state index in [2.05, 4.69) is 170 Å². The summed E-state index contributed by atoms with van der Waals surface area (Å²) in [5, 5.41) is 2.16. The van der Waals surface area contributed by atoms with Crippen LogP contribution in [0.5, 0.6) is 0 Å². The van der Waals surface area contributed by atoms with Crippen molar-refractivity contribution in [1.29, 1.82) is 0 Å². The van der Waals surface area contributed by atoms with Crippen LogP contribution in [0.25, 0.3) is 100 Å². The first kappa shape index (κ1) is 34.0. The summed E-state index contributed by atoms with van der Waals surface area (Å²) in [7, 11) is 0. The average Bonchev–Trinajstić information content (AvgIpc) is 3.29. The van der Waals surface area contributed by atoms with Crippen LogP contribution in [0.1, 0.15) is 5.69 Å². The second kappa shape index (κ2) is 14.6. The summed E-state index contributed by atoms with van der Waals surface area (Å²) in [5.74, 6) is 0.699. The van der Waals surface area contributed by atoms with Gasteiger partial charge in [-0.2, -0.15) is 0 Å². The number of nitrogens with zero attached hydrogens (tertiary/aromatic N) is 4. The van der Waals surface area contributed by atoms with Crippen LogP contribution < -0.4 is 0 Å². The zero-order valence-corrected chi connectivity index (χ0v) is 31.3. The van der Waals surface area contributed by atoms with Crippen molar-refractivity contribution in [3.05, 3.63) is 206 Å². The van der Waals surface area contributed by atoms with Crippen molar-refractivity contribution in [3.8, 4) is 78.5 Å². The predicted molar refractivity (Wildman–Crippen MR) is 235 cm³/mol. The van der Waals surface area contributed by atoms with E-state index in [-0.39, 0.29) is 0 Å². The van der Waals surface area contributed by atoms with E-state index in [1.807, 2.05) is 37.3 Å². The maximum absolute atomic E-state index is 5.21. The molecule has 0 radical (unpaired) electrons. The van der Waals surface area contributed by atoms with E-state index in [4.69, 9.17) is 19.9 Å². The molecule has 0 bridgehead atoms. The molecule has 57 heavy (non-hydrogen) atoms.